The van der Waals surface area contributed by atoms with Crippen LogP contribution in [0, 0.1) is 0 Å². The van der Waals surface area contributed by atoms with Gasteiger partial charge in [-0.3, -0.25) is 0 Å². The standard InChI is InChI=1S/In.2O.Sn.W. The Morgan fingerprint density at radius 3 is 1.20 bits per heavy atom. The first-order valence-electron chi connectivity index (χ1n) is 0.371. The third-order valence-electron chi connectivity index (χ3n) is 0. The van der Waals surface area contributed by atoms with Crippen LogP contribution in [0.3, 0.4) is 0 Å². The third kappa shape index (κ3) is 24.4. The first-order valence-corrected chi connectivity index (χ1v) is 2.73. The van der Waals surface area contributed by atoms with Gasteiger partial charge in [-0.15, -0.1) is 0 Å². The molecule has 0 atom stereocenters. The number of hydrogen-bond acceptors (Lipinski definition) is 2. The molecule has 0 bridgehead atoms. The van der Waals surface area contributed by atoms with Crippen molar-refractivity contribution in [2.24, 2.45) is 0 Å². The van der Waals surface area contributed by atoms with Gasteiger partial charge >= 0.3 is 48.8 Å². The molecule has 0 saturated carbocycles. The van der Waals surface area contributed by atoms with Gasteiger partial charge < -0.3 is 0 Å². The van der Waals surface area contributed by atoms with Gasteiger partial charge in [0.1, 0.15) is 0 Å². The normalized spacial score (nSPS) is 1.60. The molecule has 2 nitrogen and oxygen atoms in total. The second-order valence-electron chi connectivity index (χ2n) is 0. The van der Waals surface area contributed by atoms with Crippen molar-refractivity contribution < 1.29 is 26.3 Å². The zero-order valence-electron chi connectivity index (χ0n) is 2.30. The molecule has 5 heteroatoms. The van der Waals surface area contributed by atoms with Gasteiger partial charge in [0.15, 0.2) is 0 Å². The van der Waals surface area contributed by atoms with Crippen molar-refractivity contribution in [3.8, 4) is 0 Å². The Bertz CT molecular complexity index is 11.6. The van der Waals surface area contributed by atoms with Crippen molar-refractivity contribution in [1.29, 1.82) is 0 Å². The fraction of sp³-hybridized carbons (Fsp3) is 0. The van der Waals surface area contributed by atoms with E-state index in [0.29, 0.717) is 42.3 Å². The zero-order valence-corrected chi connectivity index (χ0v) is 11.4. The van der Waals surface area contributed by atoms with Gasteiger partial charge in [0.2, 0.25) is 0 Å². The first kappa shape index (κ1) is 15.8. The van der Waals surface area contributed by atoms with E-state index >= 15 is 0 Å². The molecule has 0 saturated heterocycles. The Hall–Kier alpha value is 1.96. The fourth-order valence-corrected chi connectivity index (χ4v) is 0. The molecule has 5 heavy (non-hydrogen) atoms. The van der Waals surface area contributed by atoms with Crippen LogP contribution in [0.25, 0.3) is 0 Å². The summed E-state index contributed by atoms with van der Waals surface area (Å²) < 4.78 is 16.7. The predicted molar refractivity (Wildman–Crippen MR) is 12.9 cm³/mol. The molecule has 0 unspecified atom stereocenters. The van der Waals surface area contributed by atoms with Gasteiger partial charge in [0.05, 0.1) is 0 Å². The monoisotopic (exact) mass is 451 g/mol. The van der Waals surface area contributed by atoms with E-state index in [1.807, 2.05) is 0 Å². The first-order chi connectivity index (χ1) is 2.00. The summed E-state index contributed by atoms with van der Waals surface area (Å²) in [6.07, 6.45) is 0. The van der Waals surface area contributed by atoms with Crippen LogP contribution in [0.2, 0.25) is 0 Å². The minimum atomic E-state index is 0. The van der Waals surface area contributed by atoms with Gasteiger partial charge in [0.25, 0.3) is 0 Å². The molecule has 0 fully saturated rings. The summed E-state index contributed by atoms with van der Waals surface area (Å²) in [5, 5.41) is 0. The van der Waals surface area contributed by atoms with E-state index in [0.717, 1.165) is 0 Å². The van der Waals surface area contributed by atoms with Crippen molar-refractivity contribution in [2.45, 2.75) is 0 Å². The molecule has 0 aliphatic heterocycles. The van der Waals surface area contributed by atoms with Gasteiger partial charge in [-0.05, 0) is 0 Å². The molecule has 0 aromatic heterocycles. The van der Waals surface area contributed by atoms with Crippen molar-refractivity contribution in [2.75, 3.05) is 0 Å². The second kappa shape index (κ2) is 38.2. The molecule has 0 aromatic rings. The predicted octanol–water partition coefficient (Wildman–Crippen LogP) is -1.00. The van der Waals surface area contributed by atoms with Crippen LogP contribution in [-0.4, -0.2) is 48.4 Å². The van der Waals surface area contributed by atoms with E-state index in [1.165, 1.54) is 0 Å². The summed E-state index contributed by atoms with van der Waals surface area (Å²) in [5.41, 5.74) is 0. The molecule has 0 amide bonds. The molecule has 0 aliphatic rings. The van der Waals surface area contributed by atoms with E-state index in [-0.39, 0.29) is 25.8 Å². The minimum absolute atomic E-state index is 0. The Balaban J connectivity index is -0.0000000133. The Morgan fingerprint density at radius 1 is 1.20 bits per heavy atom. The fourth-order valence-electron chi connectivity index (χ4n) is 0. The molecule has 0 aromatic carbocycles. The topological polar surface area (TPSA) is 34.1 Å². The maximum absolute atomic E-state index is 8.34. The number of hydrogen-bond donors (Lipinski definition) is 0. The van der Waals surface area contributed by atoms with Crippen LogP contribution in [0.1, 0.15) is 0 Å². The van der Waals surface area contributed by atoms with Crippen LogP contribution in [0.5, 0.6) is 0 Å². The van der Waals surface area contributed by atoms with Gasteiger partial charge in [-0.25, -0.2) is 0 Å². The summed E-state index contributed by atoms with van der Waals surface area (Å²) in [4.78, 5) is 0. The van der Waals surface area contributed by atoms with Gasteiger partial charge in [-0.2, -0.15) is 0 Å². The van der Waals surface area contributed by atoms with Crippen molar-refractivity contribution in [3.63, 3.8) is 0 Å². The van der Waals surface area contributed by atoms with Crippen LogP contribution >= 0.6 is 0 Å². The zero-order chi connectivity index (χ0) is 4.00. The Kier molecular flexibility index (Phi) is 121. The summed E-state index contributed by atoms with van der Waals surface area (Å²) in [7, 11) is 0. The maximum atomic E-state index is 8.34. The quantitative estimate of drug-likeness (QED) is 0.445. The van der Waals surface area contributed by atoms with Crippen molar-refractivity contribution >= 4 is 48.4 Å². The van der Waals surface area contributed by atoms with Gasteiger partial charge in [0, 0.05) is 25.8 Å². The molecule has 5 radical (unpaired) electrons. The number of rotatable bonds is 0. The van der Waals surface area contributed by atoms with Crippen molar-refractivity contribution in [1.82, 2.24) is 0 Å². The van der Waals surface area contributed by atoms with Crippen LogP contribution < -0.4 is 0 Å². The van der Waals surface area contributed by atoms with Crippen LogP contribution in [0.15, 0.2) is 0 Å². The van der Waals surface area contributed by atoms with E-state index in [9.17, 15) is 0 Å². The molecule has 0 spiro atoms. The molecule has 0 rings (SSSR count). The summed E-state index contributed by atoms with van der Waals surface area (Å²) in [6.45, 7) is 0. The van der Waals surface area contributed by atoms with E-state index < -0.39 is 0 Å². The van der Waals surface area contributed by atoms with Crippen LogP contribution in [0.4, 0.5) is 0 Å². The van der Waals surface area contributed by atoms with Crippen molar-refractivity contribution in [3.05, 3.63) is 0 Å². The Labute approximate surface area is 73.5 Å². The SMILES string of the molecule is [In].[O]=[Sn].[O]=[W]. The Morgan fingerprint density at radius 2 is 1.20 bits per heavy atom. The average molecular weight is 449 g/mol. The summed E-state index contributed by atoms with van der Waals surface area (Å²) >= 11 is 0.633. The third-order valence-corrected chi connectivity index (χ3v) is 0. The molecule has 0 aliphatic carbocycles. The van der Waals surface area contributed by atoms with Crippen LogP contribution in [-0.2, 0) is 26.3 Å². The molecule has 0 N–H and O–H groups in total. The van der Waals surface area contributed by atoms with E-state index in [1.54, 1.807) is 0 Å². The van der Waals surface area contributed by atoms with E-state index in [4.69, 9.17) is 6.47 Å². The van der Waals surface area contributed by atoms with Gasteiger partial charge in [-0.1, -0.05) is 0 Å². The average Bonchev–Trinajstić information content (AvgIpc) is 1.50. The molecule has 0 heterocycles. The summed E-state index contributed by atoms with van der Waals surface area (Å²) in [6, 6.07) is 0. The molecular weight excluding hydrogens is 449 g/mol. The molecule has 25 valence electrons. The van der Waals surface area contributed by atoms with E-state index in [2.05, 4.69) is 0 Å². The molecular formula is InO2SnW. The summed E-state index contributed by atoms with van der Waals surface area (Å²) in [5.74, 6) is 0. The second-order valence-corrected chi connectivity index (χ2v) is 0.